The van der Waals surface area contributed by atoms with Crippen LogP contribution in [0.15, 0.2) is 34.3 Å². The number of carbonyl (C=O) groups excluding carboxylic acids is 2. The maximum atomic E-state index is 11.9. The number of hydrogen-bond donors (Lipinski definition) is 0. The summed E-state index contributed by atoms with van der Waals surface area (Å²) in [4.78, 5) is 27.0. The van der Waals surface area contributed by atoms with Gasteiger partial charge < -0.3 is 9.64 Å². The number of rotatable bonds is 2. The van der Waals surface area contributed by atoms with Gasteiger partial charge in [-0.2, -0.15) is 0 Å². The molecule has 1 fully saturated rings. The highest BCUT2D eigenvalue weighted by molar-refractivity contribution is 6.62. The highest BCUT2D eigenvalue weighted by Gasteiger charge is 2.37. The monoisotopic (exact) mass is 326 g/mol. The minimum absolute atomic E-state index is 0.237. The smallest absolute Gasteiger partial charge is 0.278 e. The first-order valence-electron chi connectivity index (χ1n) is 6.46. The number of imide groups is 1. The number of morpholine rings is 1. The van der Waals surface area contributed by atoms with Crippen molar-refractivity contribution in [3.8, 4) is 0 Å². The Hall–Kier alpha value is -1.56. The number of ether oxygens (including phenoxy) is 1. The van der Waals surface area contributed by atoms with Crippen LogP contribution in [0, 0.1) is 0 Å². The second-order valence-electron chi connectivity index (χ2n) is 4.69. The van der Waals surface area contributed by atoms with Gasteiger partial charge in [0.1, 0.15) is 10.1 Å². The van der Waals surface area contributed by atoms with E-state index in [4.69, 9.17) is 27.9 Å². The Morgan fingerprint density at radius 3 is 1.86 bits per heavy atom. The lowest BCUT2D eigenvalue weighted by atomic mass is 10.2. The summed E-state index contributed by atoms with van der Waals surface area (Å²) in [6.07, 6.45) is 0. The molecule has 0 atom stereocenters. The van der Waals surface area contributed by atoms with Crippen LogP contribution in [-0.4, -0.2) is 38.1 Å². The molecule has 2 aliphatic heterocycles. The van der Waals surface area contributed by atoms with Crippen molar-refractivity contribution in [3.63, 3.8) is 0 Å². The molecule has 0 aromatic heterocycles. The molecule has 0 spiro atoms. The van der Waals surface area contributed by atoms with Crippen molar-refractivity contribution < 1.29 is 14.3 Å². The predicted molar refractivity (Wildman–Crippen MR) is 80.7 cm³/mol. The van der Waals surface area contributed by atoms with Crippen LogP contribution in [0.4, 0.5) is 11.4 Å². The maximum Gasteiger partial charge on any atom is 0.278 e. The number of hydrogen-bond acceptors (Lipinski definition) is 4. The molecule has 21 heavy (non-hydrogen) atoms. The molecule has 1 saturated heterocycles. The quantitative estimate of drug-likeness (QED) is 0.781. The van der Waals surface area contributed by atoms with Crippen molar-refractivity contribution in [2.45, 2.75) is 0 Å². The van der Waals surface area contributed by atoms with Crippen LogP contribution in [0.1, 0.15) is 0 Å². The SMILES string of the molecule is O=C1C(Cl)=C(Cl)C(=O)N1c1ccc(N2CCOCC2)cc1. The van der Waals surface area contributed by atoms with Crippen molar-refractivity contribution in [1.82, 2.24) is 0 Å². The van der Waals surface area contributed by atoms with Crippen molar-refractivity contribution in [2.75, 3.05) is 36.1 Å². The Morgan fingerprint density at radius 1 is 0.857 bits per heavy atom. The normalized spacial score (nSPS) is 19.7. The summed E-state index contributed by atoms with van der Waals surface area (Å²) in [5.41, 5.74) is 1.47. The molecule has 0 saturated carbocycles. The molecule has 7 heteroatoms. The summed E-state index contributed by atoms with van der Waals surface area (Å²) in [6.45, 7) is 3.03. The number of carbonyl (C=O) groups is 2. The van der Waals surface area contributed by atoms with E-state index in [0.717, 1.165) is 23.7 Å². The van der Waals surface area contributed by atoms with Crippen LogP contribution < -0.4 is 9.80 Å². The largest absolute Gasteiger partial charge is 0.378 e. The lowest BCUT2D eigenvalue weighted by molar-refractivity contribution is -0.120. The second-order valence-corrected chi connectivity index (χ2v) is 5.45. The zero-order valence-corrected chi connectivity index (χ0v) is 12.5. The molecule has 2 aliphatic rings. The molecule has 1 aromatic rings. The number of amides is 2. The van der Waals surface area contributed by atoms with Gasteiger partial charge in [-0.25, -0.2) is 4.90 Å². The minimum atomic E-state index is -0.592. The van der Waals surface area contributed by atoms with Crippen LogP contribution in [-0.2, 0) is 14.3 Å². The predicted octanol–water partition coefficient (Wildman–Crippen LogP) is 2.09. The van der Waals surface area contributed by atoms with Gasteiger partial charge in [-0.3, -0.25) is 9.59 Å². The Morgan fingerprint density at radius 2 is 1.33 bits per heavy atom. The summed E-state index contributed by atoms with van der Waals surface area (Å²) in [7, 11) is 0. The van der Waals surface area contributed by atoms with Gasteiger partial charge in [0.2, 0.25) is 0 Å². The summed E-state index contributed by atoms with van der Waals surface area (Å²) < 4.78 is 5.30. The molecule has 5 nitrogen and oxygen atoms in total. The molecular formula is C14H12Cl2N2O3. The standard InChI is InChI=1S/C14H12Cl2N2O3/c15-11-12(16)14(20)18(13(11)19)10-3-1-9(2-4-10)17-5-7-21-8-6-17/h1-4H,5-8H2. The van der Waals surface area contributed by atoms with E-state index in [2.05, 4.69) is 4.90 Å². The van der Waals surface area contributed by atoms with Crippen LogP contribution in [0.3, 0.4) is 0 Å². The van der Waals surface area contributed by atoms with Crippen molar-refractivity contribution in [3.05, 3.63) is 34.3 Å². The fraction of sp³-hybridized carbons (Fsp3) is 0.286. The molecule has 0 unspecified atom stereocenters. The van der Waals surface area contributed by atoms with E-state index in [1.807, 2.05) is 12.1 Å². The Balaban J connectivity index is 1.82. The Kier molecular flexibility index (Phi) is 3.89. The van der Waals surface area contributed by atoms with E-state index in [1.54, 1.807) is 12.1 Å². The molecule has 3 rings (SSSR count). The van der Waals surface area contributed by atoms with Crippen LogP contribution >= 0.6 is 23.2 Å². The molecule has 0 aliphatic carbocycles. The molecule has 110 valence electrons. The van der Waals surface area contributed by atoms with E-state index in [0.29, 0.717) is 18.9 Å². The third-order valence-electron chi connectivity index (χ3n) is 3.46. The van der Waals surface area contributed by atoms with Gasteiger partial charge in [0, 0.05) is 18.8 Å². The molecule has 2 amide bonds. The maximum absolute atomic E-state index is 11.9. The molecule has 1 aromatic carbocycles. The minimum Gasteiger partial charge on any atom is -0.378 e. The van der Waals surface area contributed by atoms with E-state index in [-0.39, 0.29) is 10.1 Å². The molecule has 0 radical (unpaired) electrons. The van der Waals surface area contributed by atoms with Gasteiger partial charge in [0.15, 0.2) is 0 Å². The van der Waals surface area contributed by atoms with Crippen LogP contribution in [0.5, 0.6) is 0 Å². The molecule has 2 heterocycles. The van der Waals surface area contributed by atoms with Gasteiger partial charge in [0.05, 0.1) is 18.9 Å². The first-order chi connectivity index (χ1) is 10.1. The highest BCUT2D eigenvalue weighted by atomic mass is 35.5. The number of nitrogens with zero attached hydrogens (tertiary/aromatic N) is 2. The summed E-state index contributed by atoms with van der Waals surface area (Å²) in [5.74, 6) is -1.18. The third-order valence-corrected chi connectivity index (χ3v) is 4.26. The fourth-order valence-electron chi connectivity index (χ4n) is 2.34. The van der Waals surface area contributed by atoms with E-state index < -0.39 is 11.8 Å². The van der Waals surface area contributed by atoms with E-state index >= 15 is 0 Å². The van der Waals surface area contributed by atoms with Crippen molar-refractivity contribution in [2.24, 2.45) is 0 Å². The van der Waals surface area contributed by atoms with Crippen LogP contribution in [0.25, 0.3) is 0 Å². The summed E-state index contributed by atoms with van der Waals surface area (Å²) in [5, 5.41) is -0.474. The zero-order chi connectivity index (χ0) is 15.0. The van der Waals surface area contributed by atoms with E-state index in [1.165, 1.54) is 0 Å². The lowest BCUT2D eigenvalue weighted by Crippen LogP contribution is -2.36. The molecular weight excluding hydrogens is 315 g/mol. The Bertz CT molecular complexity index is 598. The first kappa shape index (κ1) is 14.4. The topological polar surface area (TPSA) is 49.9 Å². The zero-order valence-electron chi connectivity index (χ0n) is 11.0. The average Bonchev–Trinajstić information content (AvgIpc) is 2.72. The average molecular weight is 327 g/mol. The van der Waals surface area contributed by atoms with Crippen LogP contribution in [0.2, 0.25) is 0 Å². The lowest BCUT2D eigenvalue weighted by Gasteiger charge is -2.29. The van der Waals surface area contributed by atoms with Crippen molar-refractivity contribution >= 4 is 46.4 Å². The number of halogens is 2. The summed E-state index contributed by atoms with van der Waals surface area (Å²) in [6, 6.07) is 7.14. The first-order valence-corrected chi connectivity index (χ1v) is 7.22. The van der Waals surface area contributed by atoms with Gasteiger partial charge in [-0.1, -0.05) is 23.2 Å². The third kappa shape index (κ3) is 2.52. The van der Waals surface area contributed by atoms with Gasteiger partial charge in [-0.05, 0) is 24.3 Å². The summed E-state index contributed by atoms with van der Waals surface area (Å²) >= 11 is 11.4. The van der Waals surface area contributed by atoms with Gasteiger partial charge in [-0.15, -0.1) is 0 Å². The van der Waals surface area contributed by atoms with Gasteiger partial charge in [0.25, 0.3) is 11.8 Å². The number of benzene rings is 1. The van der Waals surface area contributed by atoms with E-state index in [9.17, 15) is 9.59 Å². The Labute approximate surface area is 131 Å². The molecule has 0 N–H and O–H groups in total. The highest BCUT2D eigenvalue weighted by Crippen LogP contribution is 2.32. The van der Waals surface area contributed by atoms with Gasteiger partial charge >= 0.3 is 0 Å². The molecule has 0 bridgehead atoms. The second kappa shape index (κ2) is 5.67. The number of anilines is 2. The van der Waals surface area contributed by atoms with Crippen molar-refractivity contribution in [1.29, 1.82) is 0 Å². The fourth-order valence-corrected chi connectivity index (χ4v) is 2.68.